The van der Waals surface area contributed by atoms with Crippen LogP contribution >= 0.6 is 0 Å². The Balaban J connectivity index is 1.72. The van der Waals surface area contributed by atoms with Gasteiger partial charge >= 0.3 is 0 Å². The molecule has 0 atom stereocenters. The van der Waals surface area contributed by atoms with E-state index in [0.717, 1.165) is 61.3 Å². The third-order valence-electron chi connectivity index (χ3n) is 5.97. The van der Waals surface area contributed by atoms with E-state index in [1.165, 1.54) is 11.4 Å². The van der Waals surface area contributed by atoms with Crippen LogP contribution in [0.1, 0.15) is 51.7 Å². The van der Waals surface area contributed by atoms with Crippen molar-refractivity contribution in [1.82, 2.24) is 0 Å². The minimum absolute atomic E-state index is 0.190. The molecule has 2 aromatic carbocycles. The van der Waals surface area contributed by atoms with Gasteiger partial charge in [-0.2, -0.15) is 0 Å². The highest BCUT2D eigenvalue weighted by Gasteiger charge is 2.22. The summed E-state index contributed by atoms with van der Waals surface area (Å²) in [6, 6.07) is 17.0. The zero-order valence-corrected chi connectivity index (χ0v) is 18.8. The van der Waals surface area contributed by atoms with Crippen LogP contribution in [0.5, 0.6) is 0 Å². The summed E-state index contributed by atoms with van der Waals surface area (Å²) in [6.07, 6.45) is 5.75. The molecule has 1 aliphatic carbocycles. The number of carbonyl (C=O) groups is 1. The molecule has 1 saturated carbocycles. The van der Waals surface area contributed by atoms with Crippen LogP contribution in [0.25, 0.3) is 12.2 Å². The number of Topliss-reactive ketones (excluding diaryl/α,β-unsaturated/α-hetero) is 1. The summed E-state index contributed by atoms with van der Waals surface area (Å²) in [4.78, 5) is 17.5. The zero-order chi connectivity index (χ0) is 21.5. The molecule has 2 aromatic rings. The van der Waals surface area contributed by atoms with Crippen molar-refractivity contribution in [3.63, 3.8) is 0 Å². The Labute approximate surface area is 181 Å². The number of ketones is 1. The van der Waals surface area contributed by atoms with E-state index in [1.54, 1.807) is 0 Å². The van der Waals surface area contributed by atoms with Gasteiger partial charge in [0.15, 0.2) is 5.78 Å². The second-order valence-corrected chi connectivity index (χ2v) is 7.70. The van der Waals surface area contributed by atoms with Crippen LogP contribution in [-0.2, 0) is 4.79 Å². The second-order valence-electron chi connectivity index (χ2n) is 7.70. The highest BCUT2D eigenvalue weighted by molar-refractivity contribution is 6.15. The normalized spacial score (nSPS) is 16.5. The smallest absolute Gasteiger partial charge is 0.185 e. The molecule has 0 amide bonds. The van der Waals surface area contributed by atoms with Gasteiger partial charge in [0.05, 0.1) is 0 Å². The maximum Gasteiger partial charge on any atom is 0.185 e. The topological polar surface area (TPSA) is 23.6 Å². The largest absolute Gasteiger partial charge is 0.372 e. The van der Waals surface area contributed by atoms with E-state index in [-0.39, 0.29) is 5.78 Å². The van der Waals surface area contributed by atoms with Gasteiger partial charge in [-0.3, -0.25) is 4.79 Å². The van der Waals surface area contributed by atoms with Gasteiger partial charge in [-0.05, 0) is 88.1 Å². The number of allylic oxidation sites excluding steroid dienone is 2. The van der Waals surface area contributed by atoms with Crippen LogP contribution in [0.15, 0.2) is 59.7 Å². The molecule has 3 heteroatoms. The number of rotatable bonds is 8. The zero-order valence-electron chi connectivity index (χ0n) is 18.8. The van der Waals surface area contributed by atoms with E-state index in [1.807, 2.05) is 0 Å². The van der Waals surface area contributed by atoms with Crippen LogP contribution in [0, 0.1) is 0 Å². The van der Waals surface area contributed by atoms with Crippen LogP contribution < -0.4 is 9.80 Å². The second kappa shape index (κ2) is 10.3. The van der Waals surface area contributed by atoms with Crippen LogP contribution in [-0.4, -0.2) is 32.0 Å². The third kappa shape index (κ3) is 5.02. The van der Waals surface area contributed by atoms with Gasteiger partial charge in [0, 0.05) is 48.7 Å². The Kier molecular flexibility index (Phi) is 7.51. The lowest BCUT2D eigenvalue weighted by Gasteiger charge is -2.20. The first-order valence-electron chi connectivity index (χ1n) is 11.2. The van der Waals surface area contributed by atoms with Gasteiger partial charge in [-0.25, -0.2) is 0 Å². The molecular formula is C27H34N2O. The maximum atomic E-state index is 12.9. The third-order valence-corrected chi connectivity index (χ3v) is 5.97. The summed E-state index contributed by atoms with van der Waals surface area (Å²) in [5.74, 6) is 0.190. The molecule has 1 aliphatic rings. The minimum atomic E-state index is 0.190. The summed E-state index contributed by atoms with van der Waals surface area (Å²) in [5.41, 5.74) is 6.48. The Morgan fingerprint density at radius 1 is 0.633 bits per heavy atom. The lowest BCUT2D eigenvalue weighted by molar-refractivity contribution is -0.111. The molecule has 3 rings (SSSR count). The van der Waals surface area contributed by atoms with E-state index >= 15 is 0 Å². The van der Waals surface area contributed by atoms with Crippen molar-refractivity contribution in [3.8, 4) is 0 Å². The van der Waals surface area contributed by atoms with E-state index in [9.17, 15) is 4.79 Å². The van der Waals surface area contributed by atoms with Crippen LogP contribution in [0.3, 0.4) is 0 Å². The number of benzene rings is 2. The fraction of sp³-hybridized carbons (Fsp3) is 0.370. The standard InChI is InChI=1S/C27H34N2O/c1-5-28(6-2)25-15-9-21(10-16-25)19-23-13-14-24(27(23)30)20-22-11-17-26(18-12-22)29(7-3)8-4/h9-12,15-20H,5-8,13-14H2,1-4H3/b23-19-,24-20+. The molecule has 30 heavy (non-hydrogen) atoms. The predicted molar refractivity (Wildman–Crippen MR) is 130 cm³/mol. The summed E-state index contributed by atoms with van der Waals surface area (Å²) >= 11 is 0. The van der Waals surface area contributed by atoms with Crippen LogP contribution in [0.4, 0.5) is 11.4 Å². The predicted octanol–water partition coefficient (Wildman–Crippen LogP) is 6.21. The van der Waals surface area contributed by atoms with Gasteiger partial charge < -0.3 is 9.80 Å². The van der Waals surface area contributed by atoms with Crippen molar-refractivity contribution in [1.29, 1.82) is 0 Å². The van der Waals surface area contributed by atoms with Gasteiger partial charge in [-0.15, -0.1) is 0 Å². The lowest BCUT2D eigenvalue weighted by atomic mass is 10.1. The molecule has 0 radical (unpaired) electrons. The summed E-state index contributed by atoms with van der Waals surface area (Å²) < 4.78 is 0. The first kappa shape index (κ1) is 21.9. The molecule has 0 N–H and O–H groups in total. The summed E-state index contributed by atoms with van der Waals surface area (Å²) in [7, 11) is 0. The van der Waals surface area contributed by atoms with Gasteiger partial charge in [0.2, 0.25) is 0 Å². The minimum Gasteiger partial charge on any atom is -0.372 e. The van der Waals surface area contributed by atoms with E-state index in [2.05, 4.69) is 98.2 Å². The van der Waals surface area contributed by atoms with E-state index < -0.39 is 0 Å². The van der Waals surface area contributed by atoms with Crippen molar-refractivity contribution < 1.29 is 4.79 Å². The van der Waals surface area contributed by atoms with Gasteiger partial charge in [0.1, 0.15) is 0 Å². The van der Waals surface area contributed by atoms with E-state index in [4.69, 9.17) is 0 Å². The summed E-state index contributed by atoms with van der Waals surface area (Å²) in [5, 5.41) is 0. The number of carbonyl (C=O) groups excluding carboxylic acids is 1. The van der Waals surface area contributed by atoms with Crippen molar-refractivity contribution in [2.24, 2.45) is 0 Å². The highest BCUT2D eigenvalue weighted by Crippen LogP contribution is 2.30. The number of nitrogens with zero attached hydrogens (tertiary/aromatic N) is 2. The molecule has 0 bridgehead atoms. The van der Waals surface area contributed by atoms with Gasteiger partial charge in [-0.1, -0.05) is 24.3 Å². The molecule has 0 heterocycles. The molecule has 158 valence electrons. The number of hydrogen-bond acceptors (Lipinski definition) is 3. The fourth-order valence-corrected chi connectivity index (χ4v) is 4.12. The first-order chi connectivity index (χ1) is 14.6. The van der Waals surface area contributed by atoms with E-state index in [0.29, 0.717) is 0 Å². The number of anilines is 2. The van der Waals surface area contributed by atoms with Crippen molar-refractivity contribution in [3.05, 3.63) is 70.8 Å². The quantitative estimate of drug-likeness (QED) is 0.491. The maximum absolute atomic E-state index is 12.9. The average molecular weight is 403 g/mol. The van der Waals surface area contributed by atoms with Crippen molar-refractivity contribution in [2.45, 2.75) is 40.5 Å². The molecular weight excluding hydrogens is 368 g/mol. The number of hydrogen-bond donors (Lipinski definition) is 0. The Hall–Kier alpha value is -2.81. The molecule has 0 aliphatic heterocycles. The van der Waals surface area contributed by atoms with Crippen molar-refractivity contribution in [2.75, 3.05) is 36.0 Å². The molecule has 0 saturated heterocycles. The lowest BCUT2D eigenvalue weighted by Crippen LogP contribution is -2.21. The molecule has 0 spiro atoms. The molecule has 0 aromatic heterocycles. The average Bonchev–Trinajstić information content (AvgIpc) is 3.11. The Morgan fingerprint density at radius 3 is 1.27 bits per heavy atom. The highest BCUT2D eigenvalue weighted by atomic mass is 16.1. The molecule has 1 fully saturated rings. The molecule has 3 nitrogen and oxygen atoms in total. The van der Waals surface area contributed by atoms with Crippen LogP contribution in [0.2, 0.25) is 0 Å². The summed E-state index contributed by atoms with van der Waals surface area (Å²) in [6.45, 7) is 12.7. The van der Waals surface area contributed by atoms with Gasteiger partial charge in [0.25, 0.3) is 0 Å². The first-order valence-corrected chi connectivity index (χ1v) is 11.2. The Morgan fingerprint density at radius 2 is 0.967 bits per heavy atom. The SMILES string of the molecule is CCN(CC)c1ccc(/C=C2/CC/C(=C\c3ccc(N(CC)CC)cc3)C2=O)cc1. The molecule has 0 unspecified atom stereocenters. The monoisotopic (exact) mass is 402 g/mol. The Bertz CT molecular complexity index is 823. The van der Waals surface area contributed by atoms with Crippen molar-refractivity contribution >= 4 is 29.3 Å². The fourth-order valence-electron chi connectivity index (χ4n) is 4.12.